The highest BCUT2D eigenvalue weighted by molar-refractivity contribution is 5.88. The van der Waals surface area contributed by atoms with Crippen LogP contribution in [0, 0.1) is 0 Å². The van der Waals surface area contributed by atoms with Crippen LogP contribution in [0.15, 0.2) is 78.9 Å². The van der Waals surface area contributed by atoms with Crippen LogP contribution in [0.25, 0.3) is 0 Å². The molecule has 0 aliphatic heterocycles. The minimum atomic E-state index is -0.671. The maximum absolute atomic E-state index is 13.1. The normalized spacial score (nSPS) is 12.0. The average Bonchev–Trinajstić information content (AvgIpc) is 2.83. The van der Waals surface area contributed by atoms with Crippen molar-refractivity contribution < 1.29 is 14.3 Å². The lowest BCUT2D eigenvalue weighted by Crippen LogP contribution is -2.48. The zero-order chi connectivity index (χ0) is 24.6. The molecule has 34 heavy (non-hydrogen) atoms. The molecule has 0 spiro atoms. The highest BCUT2D eigenvalue weighted by atomic mass is 16.5. The highest BCUT2D eigenvalue weighted by Gasteiger charge is 2.22. The molecule has 0 bridgehead atoms. The van der Waals surface area contributed by atoms with Crippen LogP contribution in [-0.2, 0) is 34.4 Å². The summed E-state index contributed by atoms with van der Waals surface area (Å²) in [5, 5.41) is 5.91. The Hall–Kier alpha value is -3.60. The third-order valence-corrected chi connectivity index (χ3v) is 5.74. The minimum absolute atomic E-state index is 0.0531. The van der Waals surface area contributed by atoms with E-state index in [0.717, 1.165) is 22.4 Å². The van der Waals surface area contributed by atoms with Crippen LogP contribution in [-0.4, -0.2) is 25.0 Å². The van der Waals surface area contributed by atoms with E-state index in [-0.39, 0.29) is 23.7 Å². The van der Waals surface area contributed by atoms with Crippen LogP contribution in [0.1, 0.15) is 43.0 Å². The summed E-state index contributed by atoms with van der Waals surface area (Å²) in [6.45, 7) is 6.91. The van der Waals surface area contributed by atoms with E-state index < -0.39 is 6.04 Å². The van der Waals surface area contributed by atoms with E-state index >= 15 is 0 Å². The van der Waals surface area contributed by atoms with E-state index in [4.69, 9.17) is 4.74 Å². The van der Waals surface area contributed by atoms with Gasteiger partial charge < -0.3 is 15.4 Å². The van der Waals surface area contributed by atoms with Crippen molar-refractivity contribution in [3.63, 3.8) is 0 Å². The summed E-state index contributed by atoms with van der Waals surface area (Å²) in [4.78, 5) is 25.9. The van der Waals surface area contributed by atoms with Gasteiger partial charge >= 0.3 is 0 Å². The Morgan fingerprint density at radius 1 is 0.824 bits per heavy atom. The predicted octanol–water partition coefficient (Wildman–Crippen LogP) is 4.58. The molecular formula is C29H34N2O3. The maximum Gasteiger partial charge on any atom is 0.243 e. The fraction of sp³-hybridized carbons (Fsp3) is 0.310. The van der Waals surface area contributed by atoms with Gasteiger partial charge in [-0.1, -0.05) is 87.5 Å². The standard InChI is InChI=1S/C29H34N2O3/c1-29(2,3)24-14-10-21(11-15-24)18-26(28(33)30-20-23-8-6-5-7-9-23)31-27(32)19-22-12-16-25(34-4)17-13-22/h5-17,26H,18-20H2,1-4H3,(H,30,33)(H,31,32). The Balaban J connectivity index is 1.70. The highest BCUT2D eigenvalue weighted by Crippen LogP contribution is 2.22. The molecule has 5 heteroatoms. The fourth-order valence-electron chi connectivity index (χ4n) is 3.67. The molecule has 3 rings (SSSR count). The van der Waals surface area contributed by atoms with Crippen LogP contribution < -0.4 is 15.4 Å². The second kappa shape index (κ2) is 11.5. The fourth-order valence-corrected chi connectivity index (χ4v) is 3.67. The van der Waals surface area contributed by atoms with Gasteiger partial charge in [-0.15, -0.1) is 0 Å². The molecule has 0 saturated carbocycles. The third-order valence-electron chi connectivity index (χ3n) is 5.74. The first-order valence-corrected chi connectivity index (χ1v) is 11.6. The monoisotopic (exact) mass is 458 g/mol. The number of ether oxygens (including phenoxy) is 1. The number of amides is 2. The third kappa shape index (κ3) is 7.48. The van der Waals surface area contributed by atoms with Gasteiger partial charge in [-0.2, -0.15) is 0 Å². The summed E-state index contributed by atoms with van der Waals surface area (Å²) in [7, 11) is 1.61. The van der Waals surface area contributed by atoms with Crippen molar-refractivity contribution in [2.24, 2.45) is 0 Å². The van der Waals surface area contributed by atoms with Gasteiger partial charge in [0.1, 0.15) is 11.8 Å². The van der Waals surface area contributed by atoms with E-state index in [1.54, 1.807) is 7.11 Å². The Morgan fingerprint density at radius 2 is 1.44 bits per heavy atom. The largest absolute Gasteiger partial charge is 0.497 e. The molecule has 1 unspecified atom stereocenters. The van der Waals surface area contributed by atoms with Gasteiger partial charge in [-0.25, -0.2) is 0 Å². The van der Waals surface area contributed by atoms with Gasteiger partial charge in [-0.05, 0) is 39.8 Å². The van der Waals surface area contributed by atoms with Gasteiger partial charge in [0.15, 0.2) is 0 Å². The average molecular weight is 459 g/mol. The molecular weight excluding hydrogens is 424 g/mol. The Bertz CT molecular complexity index is 1070. The number of rotatable bonds is 9. The maximum atomic E-state index is 13.1. The second-order valence-corrected chi connectivity index (χ2v) is 9.50. The SMILES string of the molecule is COc1ccc(CC(=O)NC(Cc2ccc(C(C)(C)C)cc2)C(=O)NCc2ccccc2)cc1. The Labute approximate surface area is 202 Å². The van der Waals surface area contributed by atoms with Crippen molar-refractivity contribution in [2.75, 3.05) is 7.11 Å². The topological polar surface area (TPSA) is 67.4 Å². The molecule has 3 aromatic rings. The zero-order valence-corrected chi connectivity index (χ0v) is 20.4. The molecule has 5 nitrogen and oxygen atoms in total. The van der Waals surface area contributed by atoms with Crippen molar-refractivity contribution in [3.05, 3.63) is 101 Å². The first kappa shape index (κ1) is 25.0. The molecule has 0 saturated heterocycles. The molecule has 0 aliphatic rings. The molecule has 0 fully saturated rings. The van der Waals surface area contributed by atoms with Gasteiger partial charge in [0.05, 0.1) is 13.5 Å². The Kier molecular flexibility index (Phi) is 8.47. The molecule has 2 amide bonds. The van der Waals surface area contributed by atoms with Crippen LogP contribution in [0.4, 0.5) is 0 Å². The molecule has 1 atom stereocenters. The van der Waals surface area contributed by atoms with E-state index in [2.05, 4.69) is 43.5 Å². The number of hydrogen-bond acceptors (Lipinski definition) is 3. The second-order valence-electron chi connectivity index (χ2n) is 9.50. The summed E-state index contributed by atoms with van der Waals surface area (Å²) in [5.74, 6) is 0.337. The number of hydrogen-bond donors (Lipinski definition) is 2. The number of benzene rings is 3. The first-order chi connectivity index (χ1) is 16.2. The molecule has 0 heterocycles. The summed E-state index contributed by atoms with van der Waals surface area (Å²) in [6, 6.07) is 24.7. The smallest absolute Gasteiger partial charge is 0.243 e. The lowest BCUT2D eigenvalue weighted by atomic mass is 9.86. The quantitative estimate of drug-likeness (QED) is 0.493. The molecule has 0 aliphatic carbocycles. The van der Waals surface area contributed by atoms with Crippen LogP contribution in [0.2, 0.25) is 0 Å². The van der Waals surface area contributed by atoms with E-state index in [1.165, 1.54) is 5.56 Å². The van der Waals surface area contributed by atoms with Gasteiger partial charge in [0, 0.05) is 13.0 Å². The van der Waals surface area contributed by atoms with Crippen molar-refractivity contribution in [1.82, 2.24) is 10.6 Å². The van der Waals surface area contributed by atoms with Crippen molar-refractivity contribution in [3.8, 4) is 5.75 Å². The van der Waals surface area contributed by atoms with Crippen LogP contribution in [0.3, 0.4) is 0 Å². The van der Waals surface area contributed by atoms with Crippen molar-refractivity contribution >= 4 is 11.8 Å². The zero-order valence-electron chi connectivity index (χ0n) is 20.4. The summed E-state index contributed by atoms with van der Waals surface area (Å²) >= 11 is 0. The first-order valence-electron chi connectivity index (χ1n) is 11.6. The molecule has 0 radical (unpaired) electrons. The van der Waals surface area contributed by atoms with Crippen LogP contribution >= 0.6 is 0 Å². The Morgan fingerprint density at radius 3 is 2.03 bits per heavy atom. The van der Waals surface area contributed by atoms with Crippen LogP contribution in [0.5, 0.6) is 5.75 Å². The summed E-state index contributed by atoms with van der Waals surface area (Å²) in [6.07, 6.45) is 0.606. The van der Waals surface area contributed by atoms with Gasteiger partial charge in [0.25, 0.3) is 0 Å². The molecule has 178 valence electrons. The molecule has 3 aromatic carbocycles. The van der Waals surface area contributed by atoms with E-state index in [9.17, 15) is 9.59 Å². The van der Waals surface area contributed by atoms with Gasteiger partial charge in [0.2, 0.25) is 11.8 Å². The number of carbonyl (C=O) groups is 2. The predicted molar refractivity (Wildman–Crippen MR) is 136 cm³/mol. The van der Waals surface area contributed by atoms with Crippen molar-refractivity contribution in [2.45, 2.75) is 51.6 Å². The number of nitrogens with one attached hydrogen (secondary N) is 2. The molecule has 0 aromatic heterocycles. The van der Waals surface area contributed by atoms with Gasteiger partial charge in [-0.3, -0.25) is 9.59 Å². The van der Waals surface area contributed by atoms with Crippen molar-refractivity contribution in [1.29, 1.82) is 0 Å². The molecule has 2 N–H and O–H groups in total. The van der Waals surface area contributed by atoms with E-state index in [0.29, 0.717) is 13.0 Å². The lowest BCUT2D eigenvalue weighted by Gasteiger charge is -2.21. The van der Waals surface area contributed by atoms with E-state index in [1.807, 2.05) is 66.7 Å². The summed E-state index contributed by atoms with van der Waals surface area (Å²) < 4.78 is 5.18. The number of methoxy groups -OCH3 is 1. The minimum Gasteiger partial charge on any atom is -0.497 e. The lowest BCUT2D eigenvalue weighted by molar-refractivity contribution is -0.128. The summed E-state index contributed by atoms with van der Waals surface area (Å²) in [5.41, 5.74) is 4.14. The number of carbonyl (C=O) groups excluding carboxylic acids is 2.